The molecule has 10 heavy (non-hydrogen) atoms. The Balaban J connectivity index is -0.000000245. The molecule has 0 radical (unpaired) electrons. The summed E-state index contributed by atoms with van der Waals surface area (Å²) in [6.45, 7) is 0. The first kappa shape index (κ1) is 16.3. The van der Waals surface area contributed by atoms with E-state index in [9.17, 15) is 20.0 Å². The monoisotopic (exact) mass is 157 g/mol. The van der Waals surface area contributed by atoms with Crippen LogP contribution in [-0.2, 0) is 4.79 Å². The molecule has 0 bridgehead atoms. The molecular formula is C3H4NNaO5. The third-order valence-corrected chi connectivity index (χ3v) is 0.452. The van der Waals surface area contributed by atoms with E-state index in [1.54, 1.807) is 0 Å². The molecule has 6 nitrogen and oxygen atoms in total. The molecule has 0 spiro atoms. The molecule has 0 unspecified atom stereocenters. The molecule has 0 amide bonds. The molecule has 0 heterocycles. The van der Waals surface area contributed by atoms with E-state index in [2.05, 4.69) is 0 Å². The van der Waals surface area contributed by atoms with Gasteiger partial charge in [-0.15, -0.1) is 0 Å². The van der Waals surface area contributed by atoms with Crippen LogP contribution < -0.4 is 34.7 Å². The smallest absolute Gasteiger partial charge is 0.873 e. The number of rotatable bonds is 2. The van der Waals surface area contributed by atoms with Gasteiger partial charge in [0.1, 0.15) is 0 Å². The SMILES string of the molecule is O.O=C/C(=C\[O-])[N+](=O)[O-].[Na+]. The number of hydrogen-bond acceptors (Lipinski definition) is 4. The Kier molecular flexibility index (Phi) is 14.0. The second-order valence-electron chi connectivity index (χ2n) is 0.918. The molecule has 2 N–H and O–H groups in total. The number of carbonyl (C=O) groups is 1. The third kappa shape index (κ3) is 5.70. The number of hydrogen-bond donors (Lipinski definition) is 0. The summed E-state index contributed by atoms with van der Waals surface area (Å²) in [6.07, 6.45) is -0.208. The van der Waals surface area contributed by atoms with Crippen molar-refractivity contribution in [3.8, 4) is 0 Å². The third-order valence-electron chi connectivity index (χ3n) is 0.452. The maximum absolute atomic E-state index is 9.47. The summed E-state index contributed by atoms with van der Waals surface area (Å²) < 4.78 is 0. The van der Waals surface area contributed by atoms with E-state index in [-0.39, 0.29) is 47.6 Å². The van der Waals surface area contributed by atoms with E-state index >= 15 is 0 Å². The van der Waals surface area contributed by atoms with Crippen LogP contribution in [0.2, 0.25) is 0 Å². The summed E-state index contributed by atoms with van der Waals surface area (Å²) >= 11 is 0. The van der Waals surface area contributed by atoms with Gasteiger partial charge in [0.2, 0.25) is 6.29 Å². The van der Waals surface area contributed by atoms with Crippen LogP contribution in [0.4, 0.5) is 0 Å². The molecule has 0 aromatic carbocycles. The predicted octanol–water partition coefficient (Wildman–Crippen LogP) is -5.16. The van der Waals surface area contributed by atoms with Gasteiger partial charge in [-0.05, 0) is 0 Å². The van der Waals surface area contributed by atoms with Crippen molar-refractivity contribution in [3.05, 3.63) is 22.1 Å². The summed E-state index contributed by atoms with van der Waals surface area (Å²) in [5, 5.41) is 18.9. The largest absolute Gasteiger partial charge is 1.00 e. The zero-order valence-electron chi connectivity index (χ0n) is 5.23. The first-order chi connectivity index (χ1) is 3.72. The molecule has 0 saturated heterocycles. The van der Waals surface area contributed by atoms with Gasteiger partial charge in [-0.1, -0.05) is 6.26 Å². The fraction of sp³-hybridized carbons (Fsp3) is 0. The van der Waals surface area contributed by atoms with Gasteiger partial charge in [-0.3, -0.25) is 14.9 Å². The number of carbonyl (C=O) groups excluding carboxylic acids is 1. The van der Waals surface area contributed by atoms with Gasteiger partial charge in [-0.2, -0.15) is 0 Å². The van der Waals surface area contributed by atoms with Crippen molar-refractivity contribution in [1.82, 2.24) is 0 Å². The fourth-order valence-corrected chi connectivity index (χ4v) is 0.114. The molecule has 0 atom stereocenters. The second-order valence-corrected chi connectivity index (χ2v) is 0.918. The number of nitrogens with zero attached hydrogens (tertiary/aromatic N) is 1. The number of aldehydes is 1. The summed E-state index contributed by atoms with van der Waals surface area (Å²) in [5.41, 5.74) is -0.954. The van der Waals surface area contributed by atoms with Crippen molar-refractivity contribution < 1.29 is 49.9 Å². The first-order valence-electron chi connectivity index (χ1n) is 1.64. The fourth-order valence-electron chi connectivity index (χ4n) is 0.114. The maximum Gasteiger partial charge on any atom is 1.00 e. The number of nitro groups is 1. The summed E-state index contributed by atoms with van der Waals surface area (Å²) in [5.74, 6) is 0. The van der Waals surface area contributed by atoms with Crippen molar-refractivity contribution in [1.29, 1.82) is 0 Å². The van der Waals surface area contributed by atoms with Crippen LogP contribution in [0, 0.1) is 10.1 Å². The average Bonchev–Trinajstić information content (AvgIpc) is 1.69. The molecule has 0 aliphatic heterocycles. The van der Waals surface area contributed by atoms with Crippen LogP contribution in [0.1, 0.15) is 0 Å². The van der Waals surface area contributed by atoms with Crippen molar-refractivity contribution in [2.75, 3.05) is 0 Å². The van der Waals surface area contributed by atoms with E-state index < -0.39 is 10.6 Å². The Morgan fingerprint density at radius 2 is 1.90 bits per heavy atom. The molecule has 0 saturated carbocycles. The standard InChI is InChI=1S/C3H3NO4.Na.H2O/c5-1-3(2-6)4(7)8;;/h1-2,5H;;1H2/q;+1;/p-1/b3-1+;;. The molecule has 0 aliphatic carbocycles. The van der Waals surface area contributed by atoms with Gasteiger partial charge in [0, 0.05) is 0 Å². The van der Waals surface area contributed by atoms with Crippen molar-refractivity contribution >= 4 is 6.29 Å². The molecule has 0 aromatic rings. The van der Waals surface area contributed by atoms with Crippen LogP contribution in [0.5, 0.6) is 0 Å². The second kappa shape index (κ2) is 8.57. The van der Waals surface area contributed by atoms with Gasteiger partial charge in [0.25, 0.3) is 5.70 Å². The van der Waals surface area contributed by atoms with Gasteiger partial charge < -0.3 is 10.6 Å². The van der Waals surface area contributed by atoms with Crippen LogP contribution in [-0.4, -0.2) is 16.7 Å². The molecule has 0 rings (SSSR count). The van der Waals surface area contributed by atoms with Gasteiger partial charge in [0.05, 0.1) is 4.92 Å². The van der Waals surface area contributed by atoms with Crippen LogP contribution in [0.25, 0.3) is 0 Å². The summed E-state index contributed by atoms with van der Waals surface area (Å²) in [4.78, 5) is 17.9. The Morgan fingerprint density at radius 1 is 1.50 bits per heavy atom. The molecular weight excluding hydrogens is 153 g/mol. The minimum atomic E-state index is -1.04. The minimum absolute atomic E-state index is 0. The Morgan fingerprint density at radius 3 is 1.90 bits per heavy atom. The van der Waals surface area contributed by atoms with E-state index in [1.807, 2.05) is 0 Å². The van der Waals surface area contributed by atoms with Crippen molar-refractivity contribution in [2.45, 2.75) is 0 Å². The normalized spacial score (nSPS) is 8.60. The maximum atomic E-state index is 9.47. The minimum Gasteiger partial charge on any atom is -0.873 e. The Hall–Kier alpha value is -0.430. The van der Waals surface area contributed by atoms with Crippen molar-refractivity contribution in [3.63, 3.8) is 0 Å². The first-order valence-corrected chi connectivity index (χ1v) is 1.64. The van der Waals surface area contributed by atoms with E-state index in [0.717, 1.165) is 0 Å². The molecule has 0 aliphatic rings. The molecule has 7 heteroatoms. The van der Waals surface area contributed by atoms with Gasteiger partial charge in [-0.25, -0.2) is 0 Å². The van der Waals surface area contributed by atoms with Crippen LogP contribution in [0.15, 0.2) is 12.0 Å². The quantitative estimate of drug-likeness (QED) is 0.0994. The van der Waals surface area contributed by atoms with Crippen LogP contribution in [0.3, 0.4) is 0 Å². The Bertz CT molecular complexity index is 144. The zero-order valence-corrected chi connectivity index (χ0v) is 7.23. The molecule has 52 valence electrons. The zero-order chi connectivity index (χ0) is 6.57. The van der Waals surface area contributed by atoms with Gasteiger partial charge in [0.15, 0.2) is 0 Å². The Labute approximate surface area is 78.3 Å². The van der Waals surface area contributed by atoms with E-state index in [1.165, 1.54) is 0 Å². The van der Waals surface area contributed by atoms with Crippen molar-refractivity contribution in [2.24, 2.45) is 0 Å². The number of allylic oxidation sites excluding steroid dienone is 1. The predicted molar refractivity (Wildman–Crippen MR) is 24.8 cm³/mol. The summed E-state index contributed by atoms with van der Waals surface area (Å²) in [6, 6.07) is 0. The van der Waals surface area contributed by atoms with Gasteiger partial charge >= 0.3 is 29.6 Å². The molecule has 0 aromatic heterocycles. The van der Waals surface area contributed by atoms with E-state index in [4.69, 9.17) is 0 Å². The molecule has 0 fully saturated rings. The average molecular weight is 157 g/mol. The topological polar surface area (TPSA) is 115 Å². The van der Waals surface area contributed by atoms with Crippen LogP contribution >= 0.6 is 0 Å². The summed E-state index contributed by atoms with van der Waals surface area (Å²) in [7, 11) is 0. The van der Waals surface area contributed by atoms with E-state index in [0.29, 0.717) is 0 Å².